The summed E-state index contributed by atoms with van der Waals surface area (Å²) in [5.41, 5.74) is 0. The molecular formula is C12H25NOS. The highest BCUT2D eigenvalue weighted by atomic mass is 32.2. The number of thioether (sulfide) groups is 1. The molecule has 1 aliphatic carbocycles. The van der Waals surface area contributed by atoms with E-state index < -0.39 is 0 Å². The van der Waals surface area contributed by atoms with Crippen LogP contribution >= 0.6 is 11.8 Å². The SMILES string of the molecule is CCOCC(C)NCC1(SC)CCCC1. The van der Waals surface area contributed by atoms with Crippen LogP contribution in [-0.4, -0.2) is 36.8 Å². The summed E-state index contributed by atoms with van der Waals surface area (Å²) in [6.45, 7) is 7.05. The number of nitrogens with one attached hydrogen (secondary N) is 1. The van der Waals surface area contributed by atoms with Gasteiger partial charge in [0, 0.05) is 23.9 Å². The molecule has 0 spiro atoms. The van der Waals surface area contributed by atoms with Gasteiger partial charge >= 0.3 is 0 Å². The molecule has 1 atom stereocenters. The third-order valence-corrected chi connectivity index (χ3v) is 4.71. The zero-order valence-electron chi connectivity index (χ0n) is 10.3. The average Bonchev–Trinajstić information content (AvgIpc) is 2.73. The van der Waals surface area contributed by atoms with Crippen molar-refractivity contribution in [3.8, 4) is 0 Å². The summed E-state index contributed by atoms with van der Waals surface area (Å²) in [5.74, 6) is 0. The van der Waals surface area contributed by atoms with Crippen LogP contribution in [0.3, 0.4) is 0 Å². The molecule has 1 N–H and O–H groups in total. The number of ether oxygens (including phenoxy) is 1. The van der Waals surface area contributed by atoms with Gasteiger partial charge in [-0.1, -0.05) is 12.8 Å². The number of hydrogen-bond donors (Lipinski definition) is 1. The second kappa shape index (κ2) is 6.77. The Morgan fingerprint density at radius 2 is 2.07 bits per heavy atom. The molecule has 1 fully saturated rings. The van der Waals surface area contributed by atoms with E-state index in [-0.39, 0.29) is 0 Å². The first-order chi connectivity index (χ1) is 7.22. The number of hydrogen-bond acceptors (Lipinski definition) is 3. The van der Waals surface area contributed by atoms with Crippen LogP contribution in [0.15, 0.2) is 0 Å². The monoisotopic (exact) mass is 231 g/mol. The van der Waals surface area contributed by atoms with Gasteiger partial charge in [0.1, 0.15) is 0 Å². The minimum absolute atomic E-state index is 0.481. The maximum Gasteiger partial charge on any atom is 0.0616 e. The zero-order chi connectivity index (χ0) is 11.1. The summed E-state index contributed by atoms with van der Waals surface area (Å²) in [6, 6.07) is 0.481. The van der Waals surface area contributed by atoms with Crippen LogP contribution in [0, 0.1) is 0 Å². The molecule has 0 amide bonds. The highest BCUT2D eigenvalue weighted by Crippen LogP contribution is 2.39. The van der Waals surface area contributed by atoms with E-state index in [4.69, 9.17) is 4.74 Å². The molecule has 90 valence electrons. The van der Waals surface area contributed by atoms with Gasteiger partial charge in [-0.05, 0) is 32.9 Å². The maximum absolute atomic E-state index is 5.41. The number of rotatable bonds is 7. The van der Waals surface area contributed by atoms with E-state index in [2.05, 4.69) is 18.5 Å². The fraction of sp³-hybridized carbons (Fsp3) is 1.00. The van der Waals surface area contributed by atoms with Gasteiger partial charge in [0.25, 0.3) is 0 Å². The first kappa shape index (κ1) is 13.3. The second-order valence-electron chi connectivity index (χ2n) is 4.54. The van der Waals surface area contributed by atoms with Crippen molar-refractivity contribution in [1.82, 2.24) is 5.32 Å². The van der Waals surface area contributed by atoms with Gasteiger partial charge < -0.3 is 10.1 Å². The van der Waals surface area contributed by atoms with E-state index in [0.717, 1.165) is 19.8 Å². The maximum atomic E-state index is 5.41. The van der Waals surface area contributed by atoms with E-state index >= 15 is 0 Å². The molecule has 1 saturated carbocycles. The molecule has 0 aromatic heterocycles. The molecule has 0 aromatic carbocycles. The lowest BCUT2D eigenvalue weighted by atomic mass is 10.1. The second-order valence-corrected chi connectivity index (χ2v) is 5.81. The van der Waals surface area contributed by atoms with Crippen LogP contribution in [0.25, 0.3) is 0 Å². The first-order valence-corrected chi connectivity index (χ1v) is 7.31. The summed E-state index contributed by atoms with van der Waals surface area (Å²) < 4.78 is 5.92. The van der Waals surface area contributed by atoms with Gasteiger partial charge in [-0.2, -0.15) is 11.8 Å². The van der Waals surface area contributed by atoms with Gasteiger partial charge in [0.05, 0.1) is 6.61 Å². The Bertz CT molecular complexity index is 169. The van der Waals surface area contributed by atoms with Crippen LogP contribution in [0.1, 0.15) is 39.5 Å². The standard InChI is InChI=1S/C12H25NOS/c1-4-14-9-11(2)13-10-12(15-3)7-5-6-8-12/h11,13H,4-10H2,1-3H3. The Morgan fingerprint density at radius 1 is 1.40 bits per heavy atom. The Balaban J connectivity index is 2.21. The third kappa shape index (κ3) is 4.33. The van der Waals surface area contributed by atoms with Crippen molar-refractivity contribution in [2.75, 3.05) is 26.0 Å². The van der Waals surface area contributed by atoms with Gasteiger partial charge in [-0.3, -0.25) is 0 Å². The minimum Gasteiger partial charge on any atom is -0.380 e. The quantitative estimate of drug-likeness (QED) is 0.728. The fourth-order valence-corrected chi connectivity index (χ4v) is 3.11. The molecule has 0 aromatic rings. The molecule has 0 bridgehead atoms. The molecular weight excluding hydrogens is 206 g/mol. The van der Waals surface area contributed by atoms with Crippen molar-refractivity contribution in [3.05, 3.63) is 0 Å². The fourth-order valence-electron chi connectivity index (χ4n) is 2.19. The molecule has 0 saturated heterocycles. The van der Waals surface area contributed by atoms with Crippen molar-refractivity contribution in [2.45, 2.75) is 50.3 Å². The smallest absolute Gasteiger partial charge is 0.0616 e. The summed E-state index contributed by atoms with van der Waals surface area (Å²) >= 11 is 2.04. The van der Waals surface area contributed by atoms with E-state index in [1.807, 2.05) is 18.7 Å². The van der Waals surface area contributed by atoms with E-state index in [1.165, 1.54) is 25.7 Å². The summed E-state index contributed by atoms with van der Waals surface area (Å²) in [4.78, 5) is 0. The topological polar surface area (TPSA) is 21.3 Å². The molecule has 1 unspecified atom stereocenters. The van der Waals surface area contributed by atoms with Gasteiger partial charge in [-0.15, -0.1) is 0 Å². The highest BCUT2D eigenvalue weighted by Gasteiger charge is 2.32. The summed E-state index contributed by atoms with van der Waals surface area (Å²) in [6.07, 6.45) is 7.82. The minimum atomic E-state index is 0.481. The van der Waals surface area contributed by atoms with Crippen LogP contribution in [0.5, 0.6) is 0 Å². The molecule has 1 aliphatic rings. The van der Waals surface area contributed by atoms with Gasteiger partial charge in [-0.25, -0.2) is 0 Å². The molecule has 2 nitrogen and oxygen atoms in total. The van der Waals surface area contributed by atoms with Gasteiger partial charge in [0.15, 0.2) is 0 Å². The zero-order valence-corrected chi connectivity index (χ0v) is 11.2. The third-order valence-electron chi connectivity index (χ3n) is 3.29. The van der Waals surface area contributed by atoms with Crippen molar-refractivity contribution in [1.29, 1.82) is 0 Å². The predicted octanol–water partition coefficient (Wildman–Crippen LogP) is 2.68. The Labute approximate surface area is 98.5 Å². The van der Waals surface area contributed by atoms with Gasteiger partial charge in [0.2, 0.25) is 0 Å². The van der Waals surface area contributed by atoms with Crippen molar-refractivity contribution in [3.63, 3.8) is 0 Å². The molecule has 0 aliphatic heterocycles. The lowest BCUT2D eigenvalue weighted by Gasteiger charge is -2.29. The predicted molar refractivity (Wildman–Crippen MR) is 68.7 cm³/mol. The Morgan fingerprint density at radius 3 is 2.60 bits per heavy atom. The lowest BCUT2D eigenvalue weighted by Crippen LogP contribution is -2.41. The normalized spacial score (nSPS) is 21.8. The average molecular weight is 231 g/mol. The van der Waals surface area contributed by atoms with Crippen molar-refractivity contribution < 1.29 is 4.74 Å². The first-order valence-electron chi connectivity index (χ1n) is 6.09. The largest absolute Gasteiger partial charge is 0.380 e. The summed E-state index contributed by atoms with van der Waals surface area (Å²) in [5, 5.41) is 3.61. The Hall–Kier alpha value is 0.270. The van der Waals surface area contributed by atoms with Crippen LogP contribution in [0.2, 0.25) is 0 Å². The Kier molecular flexibility index (Phi) is 6.02. The molecule has 15 heavy (non-hydrogen) atoms. The van der Waals surface area contributed by atoms with E-state index in [1.54, 1.807) is 0 Å². The van der Waals surface area contributed by atoms with Crippen LogP contribution in [-0.2, 0) is 4.74 Å². The molecule has 0 radical (unpaired) electrons. The van der Waals surface area contributed by atoms with Crippen LogP contribution < -0.4 is 5.32 Å². The van der Waals surface area contributed by atoms with E-state index in [0.29, 0.717) is 10.8 Å². The lowest BCUT2D eigenvalue weighted by molar-refractivity contribution is 0.126. The molecule has 0 heterocycles. The molecule has 3 heteroatoms. The summed E-state index contributed by atoms with van der Waals surface area (Å²) in [7, 11) is 0. The van der Waals surface area contributed by atoms with Crippen LogP contribution in [0.4, 0.5) is 0 Å². The highest BCUT2D eigenvalue weighted by molar-refractivity contribution is 8.00. The van der Waals surface area contributed by atoms with Crippen molar-refractivity contribution in [2.24, 2.45) is 0 Å². The van der Waals surface area contributed by atoms with Crippen molar-refractivity contribution >= 4 is 11.8 Å². The molecule has 1 rings (SSSR count). The van der Waals surface area contributed by atoms with E-state index in [9.17, 15) is 0 Å².